The lowest BCUT2D eigenvalue weighted by atomic mass is 9.95. The molecular weight excluding hydrogens is 418 g/mol. The number of aliphatic hydroxyl groups excluding tert-OH is 1. The normalized spacial score (nSPS) is 17.7. The fourth-order valence-electron chi connectivity index (χ4n) is 3.60. The molecule has 1 saturated heterocycles. The van der Waals surface area contributed by atoms with Crippen LogP contribution in [0.15, 0.2) is 84.4 Å². The Bertz CT molecular complexity index is 1220. The van der Waals surface area contributed by atoms with E-state index in [1.165, 1.54) is 23.1 Å². The minimum absolute atomic E-state index is 0.0303. The van der Waals surface area contributed by atoms with E-state index >= 15 is 0 Å². The molecule has 1 amide bonds. The van der Waals surface area contributed by atoms with Crippen molar-refractivity contribution in [2.75, 3.05) is 4.90 Å². The van der Waals surface area contributed by atoms with Gasteiger partial charge in [-0.2, -0.15) is 0 Å². The summed E-state index contributed by atoms with van der Waals surface area (Å²) in [4.78, 5) is 38.7. The van der Waals surface area contributed by atoms with Gasteiger partial charge in [-0.1, -0.05) is 60.1 Å². The van der Waals surface area contributed by atoms with Gasteiger partial charge in [-0.3, -0.25) is 14.5 Å². The van der Waals surface area contributed by atoms with Crippen LogP contribution in [0.25, 0.3) is 5.76 Å². The van der Waals surface area contributed by atoms with E-state index in [4.69, 9.17) is 11.6 Å². The van der Waals surface area contributed by atoms with Crippen molar-refractivity contribution in [1.82, 2.24) is 0 Å². The van der Waals surface area contributed by atoms with Gasteiger partial charge in [0.25, 0.3) is 11.7 Å². The zero-order valence-electron chi connectivity index (χ0n) is 16.0. The summed E-state index contributed by atoms with van der Waals surface area (Å²) in [6, 6.07) is 19.8. The molecule has 1 fully saturated rings. The maximum atomic E-state index is 13.0. The summed E-state index contributed by atoms with van der Waals surface area (Å²) in [5.41, 5.74) is 1.05. The first-order chi connectivity index (χ1) is 14.9. The molecular formula is C24H16ClNO5. The number of rotatable bonds is 4. The van der Waals surface area contributed by atoms with Gasteiger partial charge in [0.15, 0.2) is 0 Å². The van der Waals surface area contributed by atoms with Crippen molar-refractivity contribution < 1.29 is 24.6 Å². The van der Waals surface area contributed by atoms with Gasteiger partial charge in [-0.15, -0.1) is 0 Å². The second-order valence-corrected chi connectivity index (χ2v) is 7.38. The maximum Gasteiger partial charge on any atom is 0.335 e. The van der Waals surface area contributed by atoms with E-state index in [0.29, 0.717) is 16.1 Å². The Balaban J connectivity index is 1.95. The predicted molar refractivity (Wildman–Crippen MR) is 116 cm³/mol. The third kappa shape index (κ3) is 3.69. The van der Waals surface area contributed by atoms with Gasteiger partial charge < -0.3 is 10.2 Å². The van der Waals surface area contributed by atoms with Crippen LogP contribution in [0.2, 0.25) is 5.02 Å². The van der Waals surface area contributed by atoms with Crippen molar-refractivity contribution >= 4 is 40.7 Å². The highest BCUT2D eigenvalue weighted by molar-refractivity contribution is 6.51. The summed E-state index contributed by atoms with van der Waals surface area (Å²) < 4.78 is 0. The highest BCUT2D eigenvalue weighted by Crippen LogP contribution is 2.42. The smallest absolute Gasteiger partial charge is 0.335 e. The molecule has 3 aromatic rings. The number of carbonyl (C=O) groups excluding carboxylic acids is 2. The number of ketones is 1. The van der Waals surface area contributed by atoms with Gasteiger partial charge in [-0.05, 0) is 35.9 Å². The molecule has 1 atom stereocenters. The Morgan fingerprint density at radius 3 is 2.13 bits per heavy atom. The minimum atomic E-state index is -1.16. The van der Waals surface area contributed by atoms with E-state index in [0.717, 1.165) is 0 Å². The van der Waals surface area contributed by atoms with Gasteiger partial charge in [-0.25, -0.2) is 4.79 Å². The molecule has 0 aromatic heterocycles. The van der Waals surface area contributed by atoms with Crippen LogP contribution in [0.1, 0.15) is 27.5 Å². The van der Waals surface area contributed by atoms with Gasteiger partial charge in [0.05, 0.1) is 17.2 Å². The Kier molecular flexibility index (Phi) is 5.31. The molecule has 1 heterocycles. The van der Waals surface area contributed by atoms with E-state index in [9.17, 15) is 24.6 Å². The molecule has 3 aromatic carbocycles. The fourth-order valence-corrected chi connectivity index (χ4v) is 3.73. The predicted octanol–water partition coefficient (Wildman–Crippen LogP) is 4.66. The number of hydrogen-bond acceptors (Lipinski definition) is 4. The Labute approximate surface area is 182 Å². The number of anilines is 1. The lowest BCUT2D eigenvalue weighted by Crippen LogP contribution is -2.29. The number of Topliss-reactive ketones (excluding diaryl/α,β-unsaturated/α-hetero) is 1. The fraction of sp³-hybridized carbons (Fsp3) is 0.0417. The topological polar surface area (TPSA) is 94.9 Å². The summed E-state index contributed by atoms with van der Waals surface area (Å²) in [5, 5.41) is 20.8. The first-order valence-corrected chi connectivity index (χ1v) is 9.71. The number of hydrogen-bond donors (Lipinski definition) is 2. The average Bonchev–Trinajstić information content (AvgIpc) is 3.05. The Morgan fingerprint density at radius 1 is 0.839 bits per heavy atom. The van der Waals surface area contributed by atoms with Crippen molar-refractivity contribution in [3.8, 4) is 0 Å². The quantitative estimate of drug-likeness (QED) is 0.354. The molecule has 31 heavy (non-hydrogen) atoms. The Hall–Kier alpha value is -3.90. The highest BCUT2D eigenvalue weighted by atomic mass is 35.5. The van der Waals surface area contributed by atoms with Crippen molar-refractivity contribution in [2.45, 2.75) is 6.04 Å². The van der Waals surface area contributed by atoms with Crippen LogP contribution in [0.3, 0.4) is 0 Å². The minimum Gasteiger partial charge on any atom is -0.507 e. The van der Waals surface area contributed by atoms with E-state index in [-0.39, 0.29) is 22.6 Å². The molecule has 0 bridgehead atoms. The van der Waals surface area contributed by atoms with Crippen LogP contribution in [0.4, 0.5) is 5.69 Å². The first-order valence-electron chi connectivity index (χ1n) is 9.33. The molecule has 1 aliphatic heterocycles. The second kappa shape index (κ2) is 8.08. The van der Waals surface area contributed by atoms with Crippen LogP contribution in [0.5, 0.6) is 0 Å². The number of carboxylic acids is 1. The number of carbonyl (C=O) groups is 3. The number of carboxylic acid groups (broad SMARTS) is 1. The summed E-state index contributed by atoms with van der Waals surface area (Å²) in [6.07, 6.45) is 0. The number of aliphatic hydroxyl groups is 1. The SMILES string of the molecule is O=C1C(=O)N(c2cccc(C(=O)O)c2)C(c2ccc(Cl)cc2)/C1=C(/O)c1ccccc1. The van der Waals surface area contributed by atoms with E-state index < -0.39 is 23.7 Å². The lowest BCUT2D eigenvalue weighted by Gasteiger charge is -2.25. The number of amides is 1. The standard InChI is InChI=1S/C24H16ClNO5/c25-17-11-9-14(10-12-17)20-19(21(27)15-5-2-1-3-6-15)22(28)23(29)26(20)18-8-4-7-16(13-18)24(30)31/h1-13,20,27H,(H,30,31)/b21-19-. The zero-order chi connectivity index (χ0) is 22.1. The summed E-state index contributed by atoms with van der Waals surface area (Å²) >= 11 is 6.01. The molecule has 0 radical (unpaired) electrons. The van der Waals surface area contributed by atoms with E-state index in [2.05, 4.69) is 0 Å². The highest BCUT2D eigenvalue weighted by Gasteiger charge is 2.47. The van der Waals surface area contributed by atoms with Gasteiger partial charge in [0.1, 0.15) is 5.76 Å². The largest absolute Gasteiger partial charge is 0.507 e. The summed E-state index contributed by atoms with van der Waals surface area (Å²) in [7, 11) is 0. The van der Waals surface area contributed by atoms with Gasteiger partial charge in [0, 0.05) is 16.3 Å². The maximum absolute atomic E-state index is 13.0. The van der Waals surface area contributed by atoms with Gasteiger partial charge >= 0.3 is 5.97 Å². The first kappa shape index (κ1) is 20.4. The molecule has 154 valence electrons. The summed E-state index contributed by atoms with van der Waals surface area (Å²) in [6.45, 7) is 0. The lowest BCUT2D eigenvalue weighted by molar-refractivity contribution is -0.132. The van der Waals surface area contributed by atoms with Gasteiger partial charge in [0.2, 0.25) is 0 Å². The van der Waals surface area contributed by atoms with E-state index in [1.807, 2.05) is 0 Å². The Morgan fingerprint density at radius 2 is 1.48 bits per heavy atom. The third-order valence-electron chi connectivity index (χ3n) is 5.05. The molecule has 7 heteroatoms. The summed E-state index contributed by atoms with van der Waals surface area (Å²) in [5.74, 6) is -3.19. The van der Waals surface area contributed by atoms with Crippen molar-refractivity contribution in [2.24, 2.45) is 0 Å². The van der Waals surface area contributed by atoms with Crippen molar-refractivity contribution in [3.05, 3.63) is 106 Å². The van der Waals surface area contributed by atoms with E-state index in [1.54, 1.807) is 60.7 Å². The number of halogens is 1. The van der Waals surface area contributed by atoms with Crippen LogP contribution in [-0.2, 0) is 9.59 Å². The molecule has 1 unspecified atom stereocenters. The molecule has 6 nitrogen and oxygen atoms in total. The van der Waals surface area contributed by atoms with Crippen molar-refractivity contribution in [1.29, 1.82) is 0 Å². The molecule has 0 saturated carbocycles. The zero-order valence-corrected chi connectivity index (χ0v) is 16.8. The van der Waals surface area contributed by atoms with Crippen LogP contribution in [0, 0.1) is 0 Å². The average molecular weight is 434 g/mol. The number of nitrogens with zero attached hydrogens (tertiary/aromatic N) is 1. The molecule has 2 N–H and O–H groups in total. The molecule has 0 spiro atoms. The molecule has 1 aliphatic rings. The number of aromatic carboxylic acids is 1. The third-order valence-corrected chi connectivity index (χ3v) is 5.30. The second-order valence-electron chi connectivity index (χ2n) is 6.94. The number of benzene rings is 3. The van der Waals surface area contributed by atoms with Crippen LogP contribution >= 0.6 is 11.6 Å². The molecule has 0 aliphatic carbocycles. The van der Waals surface area contributed by atoms with Crippen LogP contribution in [-0.4, -0.2) is 27.9 Å². The van der Waals surface area contributed by atoms with Crippen molar-refractivity contribution in [3.63, 3.8) is 0 Å². The van der Waals surface area contributed by atoms with Crippen LogP contribution < -0.4 is 4.90 Å². The molecule has 4 rings (SSSR count). The monoisotopic (exact) mass is 433 g/mol.